The smallest absolute Gasteiger partial charge is 0.305 e. The predicted octanol–water partition coefficient (Wildman–Crippen LogP) is 11.0. The molecule has 0 radical (unpaired) electrons. The van der Waals surface area contributed by atoms with Crippen LogP contribution in [-0.4, -0.2) is 17.7 Å². The maximum absolute atomic E-state index is 11.8. The second-order valence-corrected chi connectivity index (χ2v) is 11.1. The van der Waals surface area contributed by atoms with E-state index in [9.17, 15) is 9.90 Å². The Bertz CT molecular complexity index is 682. The number of rotatable bonds is 27. The highest BCUT2D eigenvalue weighted by Gasteiger charge is 2.02. The van der Waals surface area contributed by atoms with E-state index in [-0.39, 0.29) is 5.97 Å². The standard InChI is InChI=1S/C35H60O3/c1-2-3-4-5-17-21-24-31-35(37)38-32-27-22-19-16-14-12-10-8-6-7-9-11-13-15-18-20-23-28-33-29-25-26-30-34(33)36/h6,8,25-26,29-30,36H,2-5,7,9-24,27-28,31-32H2,1H3/b8-6-. The number of hydrogen-bond donors (Lipinski definition) is 1. The minimum Gasteiger partial charge on any atom is -0.508 e. The van der Waals surface area contributed by atoms with Crippen molar-refractivity contribution in [3.05, 3.63) is 42.0 Å². The number of phenols is 1. The quantitative estimate of drug-likeness (QED) is 0.0701. The Morgan fingerprint density at radius 3 is 1.76 bits per heavy atom. The average molecular weight is 529 g/mol. The van der Waals surface area contributed by atoms with Gasteiger partial charge in [0, 0.05) is 6.42 Å². The number of unbranched alkanes of at least 4 members (excludes halogenated alkanes) is 19. The third-order valence-electron chi connectivity index (χ3n) is 7.49. The molecule has 1 aromatic rings. The first-order valence-corrected chi connectivity index (χ1v) is 16.3. The largest absolute Gasteiger partial charge is 0.508 e. The Hall–Kier alpha value is -1.77. The summed E-state index contributed by atoms with van der Waals surface area (Å²) in [7, 11) is 0. The predicted molar refractivity (Wildman–Crippen MR) is 164 cm³/mol. The summed E-state index contributed by atoms with van der Waals surface area (Å²) in [5, 5.41) is 9.80. The Morgan fingerprint density at radius 1 is 0.658 bits per heavy atom. The summed E-state index contributed by atoms with van der Waals surface area (Å²) in [6, 6.07) is 7.71. The number of ether oxygens (including phenoxy) is 1. The summed E-state index contributed by atoms with van der Waals surface area (Å²) in [4.78, 5) is 11.8. The van der Waals surface area contributed by atoms with Gasteiger partial charge >= 0.3 is 5.97 Å². The van der Waals surface area contributed by atoms with E-state index in [4.69, 9.17) is 4.74 Å². The molecular weight excluding hydrogens is 468 g/mol. The van der Waals surface area contributed by atoms with Crippen LogP contribution >= 0.6 is 0 Å². The van der Waals surface area contributed by atoms with E-state index < -0.39 is 0 Å². The lowest BCUT2D eigenvalue weighted by Gasteiger charge is -2.05. The molecule has 38 heavy (non-hydrogen) atoms. The van der Waals surface area contributed by atoms with Crippen LogP contribution in [0.2, 0.25) is 0 Å². The minimum absolute atomic E-state index is 0.00225. The first-order chi connectivity index (χ1) is 18.7. The van der Waals surface area contributed by atoms with Crippen molar-refractivity contribution in [1.29, 1.82) is 0 Å². The van der Waals surface area contributed by atoms with Gasteiger partial charge in [0.1, 0.15) is 5.75 Å². The van der Waals surface area contributed by atoms with Gasteiger partial charge in [-0.15, -0.1) is 0 Å². The monoisotopic (exact) mass is 528 g/mol. The van der Waals surface area contributed by atoms with Gasteiger partial charge in [-0.2, -0.15) is 0 Å². The van der Waals surface area contributed by atoms with Crippen molar-refractivity contribution < 1.29 is 14.6 Å². The highest BCUT2D eigenvalue weighted by atomic mass is 16.5. The van der Waals surface area contributed by atoms with Crippen LogP contribution in [0.4, 0.5) is 0 Å². The van der Waals surface area contributed by atoms with Crippen molar-refractivity contribution in [2.45, 2.75) is 161 Å². The molecule has 0 fully saturated rings. The Morgan fingerprint density at radius 2 is 1.16 bits per heavy atom. The number of esters is 1. The minimum atomic E-state index is 0.00225. The molecule has 0 aliphatic carbocycles. The molecule has 0 saturated carbocycles. The third kappa shape index (κ3) is 22.2. The number of aryl methyl sites for hydroxylation is 1. The second kappa shape index (κ2) is 26.8. The maximum atomic E-state index is 11.8. The van der Waals surface area contributed by atoms with Gasteiger partial charge in [-0.1, -0.05) is 134 Å². The molecular formula is C35H60O3. The van der Waals surface area contributed by atoms with E-state index in [0.717, 1.165) is 24.8 Å². The molecule has 0 spiro atoms. The molecule has 218 valence electrons. The molecule has 0 heterocycles. The molecule has 0 aliphatic rings. The number of phenolic OH excluding ortho intramolecular Hbond substituents is 1. The van der Waals surface area contributed by atoms with Crippen molar-refractivity contribution >= 4 is 5.97 Å². The van der Waals surface area contributed by atoms with Crippen LogP contribution in [0, 0.1) is 0 Å². The van der Waals surface area contributed by atoms with Crippen LogP contribution in [-0.2, 0) is 16.0 Å². The number of benzene rings is 1. The summed E-state index contributed by atoms with van der Waals surface area (Å²) in [6.07, 6.45) is 33.9. The normalized spacial score (nSPS) is 11.4. The lowest BCUT2D eigenvalue weighted by atomic mass is 10.0. The van der Waals surface area contributed by atoms with Crippen LogP contribution in [0.3, 0.4) is 0 Å². The van der Waals surface area contributed by atoms with Gasteiger partial charge < -0.3 is 9.84 Å². The van der Waals surface area contributed by atoms with Crippen molar-refractivity contribution in [3.63, 3.8) is 0 Å². The van der Waals surface area contributed by atoms with Crippen LogP contribution in [0.15, 0.2) is 36.4 Å². The molecule has 0 saturated heterocycles. The highest BCUT2D eigenvalue weighted by Crippen LogP contribution is 2.19. The topological polar surface area (TPSA) is 46.5 Å². The molecule has 0 aromatic heterocycles. The Balaban J connectivity index is 1.74. The average Bonchev–Trinajstić information content (AvgIpc) is 2.92. The van der Waals surface area contributed by atoms with Crippen LogP contribution < -0.4 is 0 Å². The zero-order valence-corrected chi connectivity index (χ0v) is 24.9. The van der Waals surface area contributed by atoms with Crippen molar-refractivity contribution in [1.82, 2.24) is 0 Å². The van der Waals surface area contributed by atoms with E-state index in [1.165, 1.54) is 128 Å². The van der Waals surface area contributed by atoms with E-state index in [1.807, 2.05) is 18.2 Å². The fourth-order valence-electron chi connectivity index (χ4n) is 4.98. The third-order valence-corrected chi connectivity index (χ3v) is 7.49. The number of hydrogen-bond acceptors (Lipinski definition) is 3. The Kier molecular flexibility index (Phi) is 24.2. The SMILES string of the molecule is CCCCCCCCCC(=O)OCCCCCCCC/C=C\CCCCCCCCCc1ccccc1O. The highest BCUT2D eigenvalue weighted by molar-refractivity contribution is 5.69. The summed E-state index contributed by atoms with van der Waals surface area (Å²) < 4.78 is 5.38. The van der Waals surface area contributed by atoms with Crippen LogP contribution in [0.25, 0.3) is 0 Å². The van der Waals surface area contributed by atoms with Gasteiger partial charge in [-0.25, -0.2) is 0 Å². The van der Waals surface area contributed by atoms with Gasteiger partial charge in [0.25, 0.3) is 0 Å². The fourth-order valence-corrected chi connectivity index (χ4v) is 4.98. The number of aromatic hydroxyl groups is 1. The van der Waals surface area contributed by atoms with Crippen molar-refractivity contribution in [2.24, 2.45) is 0 Å². The van der Waals surface area contributed by atoms with Gasteiger partial charge in [-0.3, -0.25) is 4.79 Å². The lowest BCUT2D eigenvalue weighted by molar-refractivity contribution is -0.143. The molecule has 1 aromatic carbocycles. The van der Waals surface area contributed by atoms with Gasteiger partial charge in [-0.05, 0) is 63.0 Å². The van der Waals surface area contributed by atoms with Gasteiger partial charge in [0.2, 0.25) is 0 Å². The van der Waals surface area contributed by atoms with Crippen LogP contribution in [0.1, 0.15) is 160 Å². The number of carbonyl (C=O) groups excluding carboxylic acids is 1. The Labute approximate surface area is 235 Å². The van der Waals surface area contributed by atoms with E-state index in [2.05, 4.69) is 19.1 Å². The first kappa shape index (κ1) is 34.3. The summed E-state index contributed by atoms with van der Waals surface area (Å²) >= 11 is 0. The summed E-state index contributed by atoms with van der Waals surface area (Å²) in [6.45, 7) is 2.85. The van der Waals surface area contributed by atoms with Gasteiger partial charge in [0.15, 0.2) is 0 Å². The molecule has 0 aliphatic heterocycles. The molecule has 0 bridgehead atoms. The number of para-hydroxylation sites is 1. The van der Waals surface area contributed by atoms with E-state index in [1.54, 1.807) is 6.07 Å². The van der Waals surface area contributed by atoms with Crippen molar-refractivity contribution in [3.8, 4) is 5.75 Å². The zero-order chi connectivity index (χ0) is 27.4. The van der Waals surface area contributed by atoms with Crippen LogP contribution in [0.5, 0.6) is 5.75 Å². The summed E-state index contributed by atoms with van der Waals surface area (Å²) in [5.74, 6) is 0.447. The fraction of sp³-hybridized carbons (Fsp3) is 0.743. The lowest BCUT2D eigenvalue weighted by Crippen LogP contribution is -2.05. The molecule has 1 N–H and O–H groups in total. The molecule has 1 rings (SSSR count). The van der Waals surface area contributed by atoms with E-state index in [0.29, 0.717) is 18.8 Å². The molecule has 0 atom stereocenters. The number of carbonyl (C=O) groups is 1. The van der Waals surface area contributed by atoms with Crippen molar-refractivity contribution in [2.75, 3.05) is 6.61 Å². The summed E-state index contributed by atoms with van der Waals surface area (Å²) in [5.41, 5.74) is 1.09. The number of allylic oxidation sites excluding steroid dienone is 2. The van der Waals surface area contributed by atoms with Gasteiger partial charge in [0.05, 0.1) is 6.61 Å². The first-order valence-electron chi connectivity index (χ1n) is 16.3. The maximum Gasteiger partial charge on any atom is 0.305 e. The molecule has 0 unspecified atom stereocenters. The molecule has 0 amide bonds. The van der Waals surface area contributed by atoms with E-state index >= 15 is 0 Å². The second-order valence-electron chi connectivity index (χ2n) is 11.1. The molecule has 3 heteroatoms. The zero-order valence-electron chi connectivity index (χ0n) is 24.9. The molecule has 3 nitrogen and oxygen atoms in total.